The number of hydrazone groups is 1. The highest BCUT2D eigenvalue weighted by Gasteiger charge is 2.56. The van der Waals surface area contributed by atoms with Gasteiger partial charge in [0.1, 0.15) is 6.61 Å². The van der Waals surface area contributed by atoms with Crippen LogP contribution in [-0.2, 0) is 16.2 Å². The van der Waals surface area contributed by atoms with Crippen molar-refractivity contribution in [2.45, 2.75) is 19.4 Å². The Kier molecular flexibility index (Phi) is 6.01. The molecule has 1 saturated heterocycles. The van der Waals surface area contributed by atoms with Crippen molar-refractivity contribution in [3.05, 3.63) is 69.2 Å². The van der Waals surface area contributed by atoms with E-state index in [1.165, 1.54) is 6.21 Å². The lowest BCUT2D eigenvalue weighted by Gasteiger charge is -2.37. The first-order chi connectivity index (χ1) is 16.0. The molecule has 2 fully saturated rings. The predicted octanol–water partition coefficient (Wildman–Crippen LogP) is 5.22. The highest BCUT2D eigenvalue weighted by Crippen LogP contribution is 2.49. The van der Waals surface area contributed by atoms with Gasteiger partial charge in [0.15, 0.2) is 11.5 Å². The van der Waals surface area contributed by atoms with E-state index in [1.807, 2.05) is 30.3 Å². The first-order valence-corrected chi connectivity index (χ1v) is 12.0. The van der Waals surface area contributed by atoms with Crippen molar-refractivity contribution in [3.63, 3.8) is 0 Å². The van der Waals surface area contributed by atoms with Gasteiger partial charge in [-0.1, -0.05) is 35.9 Å². The van der Waals surface area contributed by atoms with Gasteiger partial charge in [0.2, 0.25) is 0 Å². The van der Waals surface area contributed by atoms with E-state index < -0.39 is 0 Å². The number of benzene rings is 2. The fraction of sp³-hybridized carbons (Fsp3) is 0.320. The van der Waals surface area contributed by atoms with Gasteiger partial charge < -0.3 is 9.47 Å². The fourth-order valence-electron chi connectivity index (χ4n) is 4.99. The van der Waals surface area contributed by atoms with E-state index in [0.29, 0.717) is 33.2 Å². The van der Waals surface area contributed by atoms with Crippen LogP contribution in [0.2, 0.25) is 5.02 Å². The second-order valence-electron chi connectivity index (χ2n) is 8.52. The Morgan fingerprint density at radius 3 is 2.30 bits per heavy atom. The minimum Gasteiger partial charge on any atom is -0.493 e. The van der Waals surface area contributed by atoms with Crippen LogP contribution in [0.3, 0.4) is 0 Å². The van der Waals surface area contributed by atoms with Crippen LogP contribution in [0.25, 0.3) is 0 Å². The van der Waals surface area contributed by atoms with Crippen LogP contribution in [0, 0.1) is 23.7 Å². The predicted molar refractivity (Wildman–Crippen MR) is 128 cm³/mol. The van der Waals surface area contributed by atoms with Gasteiger partial charge in [0.05, 0.1) is 29.6 Å². The summed E-state index contributed by atoms with van der Waals surface area (Å²) in [5, 5.41) is 6.00. The number of methoxy groups -OCH3 is 1. The second kappa shape index (κ2) is 8.95. The molecule has 2 aromatic rings. The molecule has 2 aromatic carbocycles. The van der Waals surface area contributed by atoms with Gasteiger partial charge >= 0.3 is 0 Å². The number of hydrogen-bond acceptors (Lipinski definition) is 5. The molecule has 6 rings (SSSR count). The van der Waals surface area contributed by atoms with Crippen LogP contribution < -0.4 is 9.47 Å². The van der Waals surface area contributed by atoms with Crippen molar-refractivity contribution in [3.8, 4) is 11.5 Å². The van der Waals surface area contributed by atoms with Gasteiger partial charge in [-0.25, -0.2) is 0 Å². The molecule has 0 unspecified atom stereocenters. The van der Waals surface area contributed by atoms with Gasteiger partial charge in [-0.15, -0.1) is 0 Å². The van der Waals surface area contributed by atoms with Gasteiger partial charge in [0.25, 0.3) is 11.8 Å². The minimum atomic E-state index is -0.275. The highest BCUT2D eigenvalue weighted by atomic mass is 79.9. The summed E-state index contributed by atoms with van der Waals surface area (Å²) in [6.07, 6.45) is 7.62. The number of ether oxygens (including phenoxy) is 2. The van der Waals surface area contributed by atoms with Gasteiger partial charge in [-0.3, -0.25) is 9.59 Å². The molecule has 2 amide bonds. The highest BCUT2D eigenvalue weighted by molar-refractivity contribution is 9.10. The zero-order valence-electron chi connectivity index (χ0n) is 17.9. The number of allylic oxidation sites excluding steroid dienone is 2. The number of amides is 2. The standard InChI is InChI=1S/C25H22BrClN2O4/c1-32-20-11-15(10-19(26)23(20)33-13-14-2-8-18(27)9-3-14)12-28-29-24(30)21-16-4-5-17(7-6-16)22(21)25(29)31/h2-5,8-12,16-17,21-22H,6-7,13H2,1H3/b28-12-/t16-,17+,21-,22+. The third kappa shape index (κ3) is 4.08. The maximum atomic E-state index is 12.9. The summed E-state index contributed by atoms with van der Waals surface area (Å²) in [6.45, 7) is 0.343. The first kappa shape index (κ1) is 22.2. The van der Waals surface area contributed by atoms with E-state index in [9.17, 15) is 9.59 Å². The molecule has 1 aliphatic heterocycles. The topological polar surface area (TPSA) is 68.2 Å². The van der Waals surface area contributed by atoms with Crippen molar-refractivity contribution in [2.24, 2.45) is 28.8 Å². The Balaban J connectivity index is 1.34. The van der Waals surface area contributed by atoms with Crippen LogP contribution in [0.15, 0.2) is 58.1 Å². The van der Waals surface area contributed by atoms with Gasteiger partial charge in [-0.05, 0) is 76.0 Å². The number of nitrogens with zero attached hydrogens (tertiary/aromatic N) is 2. The van der Waals surface area contributed by atoms with Gasteiger partial charge in [0, 0.05) is 5.02 Å². The molecule has 0 N–H and O–H groups in total. The van der Waals surface area contributed by atoms with Crippen molar-refractivity contribution in [1.29, 1.82) is 0 Å². The van der Waals surface area contributed by atoms with Crippen LogP contribution in [-0.4, -0.2) is 30.1 Å². The van der Waals surface area contributed by atoms with Crippen molar-refractivity contribution in [1.82, 2.24) is 5.01 Å². The molecule has 0 aromatic heterocycles. The van der Waals surface area contributed by atoms with Crippen LogP contribution in [0.1, 0.15) is 24.0 Å². The van der Waals surface area contributed by atoms with E-state index in [4.69, 9.17) is 21.1 Å². The lowest BCUT2D eigenvalue weighted by Crippen LogP contribution is -2.38. The van der Waals surface area contributed by atoms with E-state index in [2.05, 4.69) is 33.2 Å². The van der Waals surface area contributed by atoms with E-state index in [-0.39, 0.29) is 35.5 Å². The zero-order chi connectivity index (χ0) is 23.1. The number of imide groups is 1. The Morgan fingerprint density at radius 2 is 1.73 bits per heavy atom. The molecule has 1 saturated carbocycles. The largest absolute Gasteiger partial charge is 0.493 e. The number of carbonyl (C=O) groups excluding carboxylic acids is 2. The molecule has 4 atom stereocenters. The maximum Gasteiger partial charge on any atom is 0.254 e. The normalized spacial score (nSPS) is 25.7. The van der Waals surface area contributed by atoms with Crippen LogP contribution in [0.5, 0.6) is 11.5 Å². The smallest absolute Gasteiger partial charge is 0.254 e. The van der Waals surface area contributed by atoms with Crippen LogP contribution >= 0.6 is 27.5 Å². The van der Waals surface area contributed by atoms with Crippen LogP contribution in [0.4, 0.5) is 0 Å². The Bertz CT molecular complexity index is 1130. The van der Waals surface area contributed by atoms with Crippen molar-refractivity contribution < 1.29 is 19.1 Å². The van der Waals surface area contributed by atoms with Gasteiger partial charge in [-0.2, -0.15) is 10.1 Å². The minimum absolute atomic E-state index is 0.142. The molecule has 4 aliphatic rings. The molecular weight excluding hydrogens is 508 g/mol. The lowest BCUT2D eigenvalue weighted by molar-refractivity contribution is -0.140. The summed E-state index contributed by atoms with van der Waals surface area (Å²) >= 11 is 9.47. The molecule has 33 heavy (non-hydrogen) atoms. The summed E-state index contributed by atoms with van der Waals surface area (Å²) in [7, 11) is 1.55. The first-order valence-electron chi connectivity index (χ1n) is 10.8. The SMILES string of the molecule is COc1cc(/C=N\N2C(=O)[C@@H]3[C@H](C2=O)[C@@H]2C=C[C@H]3CC2)cc(Br)c1OCc1ccc(Cl)cc1. The fourth-order valence-corrected chi connectivity index (χ4v) is 5.69. The molecule has 170 valence electrons. The molecule has 8 heteroatoms. The van der Waals surface area contributed by atoms with E-state index >= 15 is 0 Å². The zero-order valence-corrected chi connectivity index (χ0v) is 20.3. The van der Waals surface area contributed by atoms with Crippen molar-refractivity contribution in [2.75, 3.05) is 7.11 Å². The summed E-state index contributed by atoms with van der Waals surface area (Å²) in [6, 6.07) is 11.0. The average molecular weight is 530 g/mol. The molecular formula is C25H22BrClN2O4. The third-order valence-electron chi connectivity index (χ3n) is 6.61. The summed E-state index contributed by atoms with van der Waals surface area (Å²) in [5.41, 5.74) is 1.64. The molecule has 6 nitrogen and oxygen atoms in total. The Hall–Kier alpha value is -2.64. The molecule has 2 bridgehead atoms. The number of rotatable bonds is 6. The Morgan fingerprint density at radius 1 is 1.09 bits per heavy atom. The number of fused-ring (bicyclic) bond motifs is 1. The average Bonchev–Trinajstić information content (AvgIpc) is 3.10. The molecule has 0 spiro atoms. The van der Waals surface area contributed by atoms with Crippen molar-refractivity contribution >= 4 is 45.6 Å². The molecule has 1 heterocycles. The van der Waals surface area contributed by atoms with E-state index in [1.54, 1.807) is 13.2 Å². The second-order valence-corrected chi connectivity index (χ2v) is 9.81. The summed E-state index contributed by atoms with van der Waals surface area (Å²) in [5.74, 6) is 0.391. The summed E-state index contributed by atoms with van der Waals surface area (Å²) < 4.78 is 12.1. The maximum absolute atomic E-state index is 12.9. The number of carbonyl (C=O) groups is 2. The number of hydrogen-bond donors (Lipinski definition) is 0. The Labute approximate surface area is 205 Å². The number of halogens is 2. The molecule has 3 aliphatic carbocycles. The van der Waals surface area contributed by atoms with E-state index in [0.717, 1.165) is 23.4 Å². The quantitative estimate of drug-likeness (QED) is 0.292. The lowest BCUT2D eigenvalue weighted by atomic mass is 9.63. The summed E-state index contributed by atoms with van der Waals surface area (Å²) in [4.78, 5) is 25.9. The monoisotopic (exact) mass is 528 g/mol. The third-order valence-corrected chi connectivity index (χ3v) is 7.45. The molecule has 0 radical (unpaired) electrons.